The summed E-state index contributed by atoms with van der Waals surface area (Å²) < 4.78 is 5.92. The summed E-state index contributed by atoms with van der Waals surface area (Å²) in [4.78, 5) is 5.55. The fourth-order valence-electron chi connectivity index (χ4n) is 2.57. The zero-order valence-corrected chi connectivity index (χ0v) is 13.8. The van der Waals surface area contributed by atoms with E-state index in [0.29, 0.717) is 6.10 Å². The van der Waals surface area contributed by atoms with Crippen LogP contribution in [0.3, 0.4) is 0 Å². The van der Waals surface area contributed by atoms with Gasteiger partial charge < -0.3 is 15.4 Å². The molecular weight excluding hydrogens is 282 g/mol. The normalized spacial score (nSPS) is 16.9. The van der Waals surface area contributed by atoms with Gasteiger partial charge in [0, 0.05) is 25.1 Å². The lowest BCUT2D eigenvalue weighted by atomic mass is 9.98. The second-order valence-electron chi connectivity index (χ2n) is 5.42. The van der Waals surface area contributed by atoms with Crippen LogP contribution in [-0.2, 0) is 11.3 Å². The lowest BCUT2D eigenvalue weighted by Gasteiger charge is -2.22. The number of nitrogens with one attached hydrogen (secondary N) is 2. The van der Waals surface area contributed by atoms with Gasteiger partial charge in [0.1, 0.15) is 0 Å². The van der Waals surface area contributed by atoms with Crippen molar-refractivity contribution >= 4 is 17.3 Å². The van der Waals surface area contributed by atoms with Crippen LogP contribution in [0.15, 0.2) is 22.5 Å². The Kier molecular flexibility index (Phi) is 7.60. The summed E-state index contributed by atoms with van der Waals surface area (Å²) in [6.07, 6.45) is 8.08. The lowest BCUT2D eigenvalue weighted by Crippen LogP contribution is -2.37. The smallest absolute Gasteiger partial charge is 0.191 e. The maximum Gasteiger partial charge on any atom is 0.191 e. The van der Waals surface area contributed by atoms with E-state index >= 15 is 0 Å². The second kappa shape index (κ2) is 9.79. The van der Waals surface area contributed by atoms with Crippen molar-refractivity contribution in [2.75, 3.05) is 20.2 Å². The van der Waals surface area contributed by atoms with Crippen LogP contribution in [-0.4, -0.2) is 32.3 Å². The summed E-state index contributed by atoms with van der Waals surface area (Å²) in [5, 5.41) is 8.75. The molecule has 1 aromatic heterocycles. The zero-order valence-electron chi connectivity index (χ0n) is 12.9. The average Bonchev–Trinajstić information content (AvgIpc) is 3.04. The molecule has 1 aromatic rings. The Bertz CT molecular complexity index is 400. The third kappa shape index (κ3) is 6.48. The fraction of sp³-hybridized carbons (Fsp3) is 0.688. The number of hydrogen-bond acceptors (Lipinski definition) is 3. The largest absolute Gasteiger partial charge is 0.378 e. The first-order valence-corrected chi connectivity index (χ1v) is 8.85. The summed E-state index contributed by atoms with van der Waals surface area (Å²) in [5.74, 6) is 0.862. The van der Waals surface area contributed by atoms with Gasteiger partial charge in [-0.3, -0.25) is 4.99 Å². The average molecular weight is 309 g/mol. The SMILES string of the molecule is CN=C(NCCCOC1CCCCC1)NCc1cccs1. The molecule has 0 unspecified atom stereocenters. The highest BCUT2D eigenvalue weighted by molar-refractivity contribution is 7.09. The molecule has 1 aliphatic rings. The second-order valence-corrected chi connectivity index (χ2v) is 6.45. The van der Waals surface area contributed by atoms with Crippen molar-refractivity contribution in [3.63, 3.8) is 0 Å². The molecule has 0 bridgehead atoms. The molecule has 0 aliphatic heterocycles. The van der Waals surface area contributed by atoms with E-state index in [1.165, 1.54) is 37.0 Å². The van der Waals surface area contributed by atoms with E-state index in [2.05, 4.69) is 33.1 Å². The Morgan fingerprint density at radius 1 is 1.33 bits per heavy atom. The van der Waals surface area contributed by atoms with Crippen LogP contribution < -0.4 is 10.6 Å². The lowest BCUT2D eigenvalue weighted by molar-refractivity contribution is 0.0277. The summed E-state index contributed by atoms with van der Waals surface area (Å²) in [6, 6.07) is 4.20. The molecule has 21 heavy (non-hydrogen) atoms. The van der Waals surface area contributed by atoms with E-state index in [-0.39, 0.29) is 0 Å². The van der Waals surface area contributed by atoms with Gasteiger partial charge in [-0.2, -0.15) is 0 Å². The Morgan fingerprint density at radius 2 is 2.19 bits per heavy atom. The van der Waals surface area contributed by atoms with Gasteiger partial charge in [-0.25, -0.2) is 0 Å². The van der Waals surface area contributed by atoms with E-state index < -0.39 is 0 Å². The summed E-state index contributed by atoms with van der Waals surface area (Å²) >= 11 is 1.76. The molecule has 0 aromatic carbocycles. The third-order valence-corrected chi connectivity index (χ3v) is 4.63. The molecule has 0 amide bonds. The maximum absolute atomic E-state index is 5.92. The summed E-state index contributed by atoms with van der Waals surface area (Å²) in [5.41, 5.74) is 0. The zero-order chi connectivity index (χ0) is 14.8. The molecule has 1 fully saturated rings. The molecule has 5 heteroatoms. The van der Waals surface area contributed by atoms with E-state index in [0.717, 1.165) is 32.1 Å². The molecule has 4 nitrogen and oxygen atoms in total. The minimum atomic E-state index is 0.509. The maximum atomic E-state index is 5.92. The standard InChI is InChI=1S/C16H27N3OS/c1-17-16(19-13-15-9-5-12-21-15)18-10-6-11-20-14-7-3-2-4-8-14/h5,9,12,14H,2-4,6-8,10-11,13H2,1H3,(H2,17,18,19). The first-order valence-electron chi connectivity index (χ1n) is 7.97. The van der Waals surface area contributed by atoms with Gasteiger partial charge in [-0.05, 0) is 30.7 Å². The Morgan fingerprint density at radius 3 is 2.90 bits per heavy atom. The molecule has 0 spiro atoms. The van der Waals surface area contributed by atoms with Gasteiger partial charge in [-0.15, -0.1) is 11.3 Å². The van der Waals surface area contributed by atoms with Gasteiger partial charge in [0.25, 0.3) is 0 Å². The van der Waals surface area contributed by atoms with E-state index in [9.17, 15) is 0 Å². The van der Waals surface area contributed by atoms with Gasteiger partial charge in [0.2, 0.25) is 0 Å². The molecule has 0 radical (unpaired) electrons. The van der Waals surface area contributed by atoms with Gasteiger partial charge in [0.15, 0.2) is 5.96 Å². The highest BCUT2D eigenvalue weighted by atomic mass is 32.1. The molecular formula is C16H27N3OS. The van der Waals surface area contributed by atoms with Crippen LogP contribution in [0.4, 0.5) is 0 Å². The van der Waals surface area contributed by atoms with Crippen molar-refractivity contribution < 1.29 is 4.74 Å². The predicted octanol–water partition coefficient (Wildman–Crippen LogP) is 3.15. The van der Waals surface area contributed by atoms with Gasteiger partial charge in [0.05, 0.1) is 12.6 Å². The summed E-state index contributed by atoms with van der Waals surface area (Å²) in [7, 11) is 1.81. The number of aliphatic imine (C=N–C) groups is 1. The van der Waals surface area contributed by atoms with E-state index in [1.807, 2.05) is 7.05 Å². The highest BCUT2D eigenvalue weighted by Gasteiger charge is 2.12. The van der Waals surface area contributed by atoms with Crippen LogP contribution in [0, 0.1) is 0 Å². The minimum absolute atomic E-state index is 0.509. The molecule has 1 heterocycles. The number of hydrogen-bond donors (Lipinski definition) is 2. The Balaban J connectivity index is 1.51. The van der Waals surface area contributed by atoms with Crippen LogP contribution >= 0.6 is 11.3 Å². The van der Waals surface area contributed by atoms with Crippen LogP contribution in [0.25, 0.3) is 0 Å². The van der Waals surface area contributed by atoms with Gasteiger partial charge >= 0.3 is 0 Å². The third-order valence-electron chi connectivity index (χ3n) is 3.75. The predicted molar refractivity (Wildman–Crippen MR) is 90.0 cm³/mol. The quantitative estimate of drug-likeness (QED) is 0.462. The van der Waals surface area contributed by atoms with Crippen LogP contribution in [0.2, 0.25) is 0 Å². The highest BCUT2D eigenvalue weighted by Crippen LogP contribution is 2.20. The van der Waals surface area contributed by atoms with Crippen LogP contribution in [0.5, 0.6) is 0 Å². The molecule has 118 valence electrons. The number of nitrogens with zero attached hydrogens (tertiary/aromatic N) is 1. The molecule has 1 saturated carbocycles. The van der Waals surface area contributed by atoms with Crippen molar-refractivity contribution in [2.45, 2.75) is 51.2 Å². The first-order chi connectivity index (χ1) is 10.4. The Labute approximate surface area is 132 Å². The van der Waals surface area contributed by atoms with Crippen molar-refractivity contribution in [3.05, 3.63) is 22.4 Å². The Hall–Kier alpha value is -1.07. The van der Waals surface area contributed by atoms with Crippen molar-refractivity contribution in [2.24, 2.45) is 4.99 Å². The van der Waals surface area contributed by atoms with E-state index in [1.54, 1.807) is 11.3 Å². The molecule has 2 rings (SSSR count). The first kappa shape index (κ1) is 16.3. The fourth-order valence-corrected chi connectivity index (χ4v) is 3.21. The van der Waals surface area contributed by atoms with Gasteiger partial charge in [-0.1, -0.05) is 25.3 Å². The molecule has 1 aliphatic carbocycles. The number of thiophene rings is 1. The molecule has 0 saturated heterocycles. The minimum Gasteiger partial charge on any atom is -0.378 e. The molecule has 2 N–H and O–H groups in total. The van der Waals surface area contributed by atoms with E-state index in [4.69, 9.17) is 4.74 Å². The number of guanidine groups is 1. The molecule has 0 atom stereocenters. The van der Waals surface area contributed by atoms with Crippen molar-refractivity contribution in [3.8, 4) is 0 Å². The summed E-state index contributed by atoms with van der Waals surface area (Å²) in [6.45, 7) is 2.58. The van der Waals surface area contributed by atoms with Crippen LogP contribution in [0.1, 0.15) is 43.4 Å². The van der Waals surface area contributed by atoms with Crippen molar-refractivity contribution in [1.82, 2.24) is 10.6 Å². The number of ether oxygens (including phenoxy) is 1. The van der Waals surface area contributed by atoms with Crippen molar-refractivity contribution in [1.29, 1.82) is 0 Å². The monoisotopic (exact) mass is 309 g/mol. The topological polar surface area (TPSA) is 45.7 Å². The number of rotatable bonds is 7.